The zero-order valence-electron chi connectivity index (χ0n) is 10.5. The van der Waals surface area contributed by atoms with E-state index in [0.29, 0.717) is 18.8 Å². The number of rotatable bonds is 4. The van der Waals surface area contributed by atoms with Crippen LogP contribution in [0.4, 0.5) is 4.39 Å². The van der Waals surface area contributed by atoms with Gasteiger partial charge in [-0.3, -0.25) is 0 Å². The van der Waals surface area contributed by atoms with Crippen LogP contribution in [0.3, 0.4) is 0 Å². The van der Waals surface area contributed by atoms with Gasteiger partial charge in [0.15, 0.2) is 0 Å². The summed E-state index contributed by atoms with van der Waals surface area (Å²) in [6.45, 7) is 16.5. The minimum absolute atomic E-state index is 0.139. The van der Waals surface area contributed by atoms with Crippen molar-refractivity contribution in [2.75, 3.05) is 0 Å². The standard InChI is InChI=1S/C14H23F/c1-10(2)12(13(4,5)6)9-11(3)14(15)7-8-14/h12H,1,3,7-9H2,2,4-6H3. The van der Waals surface area contributed by atoms with E-state index in [4.69, 9.17) is 0 Å². The predicted molar refractivity (Wildman–Crippen MR) is 64.6 cm³/mol. The number of halogens is 1. The largest absolute Gasteiger partial charge is 0.239 e. The summed E-state index contributed by atoms with van der Waals surface area (Å²) in [4.78, 5) is 0. The molecule has 0 radical (unpaired) electrons. The van der Waals surface area contributed by atoms with Crippen molar-refractivity contribution in [3.63, 3.8) is 0 Å². The second kappa shape index (κ2) is 3.77. The molecular formula is C14H23F. The van der Waals surface area contributed by atoms with Gasteiger partial charge in [-0.2, -0.15) is 0 Å². The van der Waals surface area contributed by atoms with Crippen LogP contribution in [0.2, 0.25) is 0 Å². The Morgan fingerprint density at radius 1 is 1.33 bits per heavy atom. The fraction of sp³-hybridized carbons (Fsp3) is 0.714. The van der Waals surface area contributed by atoms with E-state index in [0.717, 1.165) is 17.6 Å². The Morgan fingerprint density at radius 3 is 2.07 bits per heavy atom. The molecule has 1 heteroatoms. The Morgan fingerprint density at radius 2 is 1.80 bits per heavy atom. The Balaban J connectivity index is 2.68. The van der Waals surface area contributed by atoms with E-state index in [1.807, 2.05) is 6.92 Å². The van der Waals surface area contributed by atoms with Crippen LogP contribution in [0.15, 0.2) is 24.3 Å². The second-order valence-corrected chi connectivity index (χ2v) is 6.04. The van der Waals surface area contributed by atoms with Gasteiger partial charge in [-0.15, -0.1) is 0 Å². The van der Waals surface area contributed by atoms with Crippen LogP contribution in [0, 0.1) is 11.3 Å². The summed E-state index contributed by atoms with van der Waals surface area (Å²) in [5, 5.41) is 0. The predicted octanol–water partition coefficient (Wildman–Crippen LogP) is 4.67. The molecule has 0 aromatic rings. The van der Waals surface area contributed by atoms with Gasteiger partial charge in [0, 0.05) is 0 Å². The third-order valence-corrected chi connectivity index (χ3v) is 3.41. The summed E-state index contributed by atoms with van der Waals surface area (Å²) >= 11 is 0. The molecule has 0 aliphatic heterocycles. The van der Waals surface area contributed by atoms with Crippen molar-refractivity contribution in [1.29, 1.82) is 0 Å². The van der Waals surface area contributed by atoms with Gasteiger partial charge in [-0.1, -0.05) is 39.5 Å². The average molecular weight is 210 g/mol. The normalized spacial score (nSPS) is 20.9. The maximum absolute atomic E-state index is 13.8. The number of alkyl halides is 1. The van der Waals surface area contributed by atoms with Crippen molar-refractivity contribution in [2.45, 2.75) is 52.6 Å². The van der Waals surface area contributed by atoms with Crippen molar-refractivity contribution in [2.24, 2.45) is 11.3 Å². The van der Waals surface area contributed by atoms with E-state index in [1.165, 1.54) is 0 Å². The van der Waals surface area contributed by atoms with Crippen LogP contribution < -0.4 is 0 Å². The maximum atomic E-state index is 13.8. The minimum atomic E-state index is -1.04. The zero-order valence-corrected chi connectivity index (χ0v) is 10.5. The van der Waals surface area contributed by atoms with Crippen LogP contribution in [-0.4, -0.2) is 5.67 Å². The Labute approximate surface area is 93.3 Å². The summed E-state index contributed by atoms with van der Waals surface area (Å²) in [6, 6.07) is 0. The summed E-state index contributed by atoms with van der Waals surface area (Å²) in [6.07, 6.45) is 2.08. The molecule has 1 aliphatic rings. The molecule has 86 valence electrons. The lowest BCUT2D eigenvalue weighted by Gasteiger charge is -2.32. The molecule has 1 fully saturated rings. The van der Waals surface area contributed by atoms with E-state index in [9.17, 15) is 4.39 Å². The van der Waals surface area contributed by atoms with E-state index in [-0.39, 0.29) is 5.41 Å². The lowest BCUT2D eigenvalue weighted by atomic mass is 9.73. The van der Waals surface area contributed by atoms with Crippen molar-refractivity contribution >= 4 is 0 Å². The topological polar surface area (TPSA) is 0 Å². The summed E-state index contributed by atoms with van der Waals surface area (Å²) < 4.78 is 13.8. The van der Waals surface area contributed by atoms with Crippen LogP contribution in [0.5, 0.6) is 0 Å². The molecule has 0 nitrogen and oxygen atoms in total. The number of hydrogen-bond donors (Lipinski definition) is 0. The fourth-order valence-electron chi connectivity index (χ4n) is 2.11. The van der Waals surface area contributed by atoms with Gasteiger partial charge in [0.05, 0.1) is 0 Å². The van der Waals surface area contributed by atoms with Crippen molar-refractivity contribution in [3.8, 4) is 0 Å². The second-order valence-electron chi connectivity index (χ2n) is 6.04. The van der Waals surface area contributed by atoms with Gasteiger partial charge in [0.25, 0.3) is 0 Å². The molecule has 1 aliphatic carbocycles. The molecule has 0 N–H and O–H groups in total. The molecular weight excluding hydrogens is 187 g/mol. The van der Waals surface area contributed by atoms with E-state index >= 15 is 0 Å². The molecule has 1 unspecified atom stereocenters. The van der Waals surface area contributed by atoms with Crippen LogP contribution in [0.1, 0.15) is 47.0 Å². The van der Waals surface area contributed by atoms with Crippen molar-refractivity contribution in [3.05, 3.63) is 24.3 Å². The van der Waals surface area contributed by atoms with E-state index in [2.05, 4.69) is 33.9 Å². The maximum Gasteiger partial charge on any atom is 0.132 e. The molecule has 0 spiro atoms. The first kappa shape index (κ1) is 12.5. The smallest absolute Gasteiger partial charge is 0.132 e. The Bertz CT molecular complexity index is 276. The van der Waals surface area contributed by atoms with Crippen molar-refractivity contribution < 1.29 is 4.39 Å². The molecule has 0 aromatic heterocycles. The first-order chi connectivity index (χ1) is 6.67. The molecule has 0 bridgehead atoms. The first-order valence-electron chi connectivity index (χ1n) is 5.69. The first-order valence-corrected chi connectivity index (χ1v) is 5.69. The fourth-order valence-corrected chi connectivity index (χ4v) is 2.11. The van der Waals surface area contributed by atoms with Crippen LogP contribution >= 0.6 is 0 Å². The highest BCUT2D eigenvalue weighted by molar-refractivity contribution is 5.24. The SMILES string of the molecule is C=C(C)C(CC(=C)C1(F)CC1)C(C)(C)C. The molecule has 0 aromatic carbocycles. The number of hydrogen-bond acceptors (Lipinski definition) is 0. The Kier molecular flexibility index (Phi) is 3.14. The lowest BCUT2D eigenvalue weighted by Crippen LogP contribution is -2.23. The molecule has 0 amide bonds. The third kappa shape index (κ3) is 2.93. The Hall–Kier alpha value is -0.590. The minimum Gasteiger partial charge on any atom is -0.239 e. The summed E-state index contributed by atoms with van der Waals surface area (Å²) in [5.41, 5.74) is 0.997. The van der Waals surface area contributed by atoms with Gasteiger partial charge >= 0.3 is 0 Å². The molecule has 1 rings (SSSR count). The summed E-state index contributed by atoms with van der Waals surface area (Å²) in [5.74, 6) is 0.332. The van der Waals surface area contributed by atoms with Crippen molar-refractivity contribution in [1.82, 2.24) is 0 Å². The summed E-state index contributed by atoms with van der Waals surface area (Å²) in [7, 11) is 0. The molecule has 1 saturated carbocycles. The molecule has 1 atom stereocenters. The monoisotopic (exact) mass is 210 g/mol. The number of allylic oxidation sites excluding steroid dienone is 2. The highest BCUT2D eigenvalue weighted by atomic mass is 19.1. The lowest BCUT2D eigenvalue weighted by molar-refractivity contribution is 0.258. The quantitative estimate of drug-likeness (QED) is 0.591. The average Bonchev–Trinajstić information content (AvgIpc) is 2.77. The highest BCUT2D eigenvalue weighted by Crippen LogP contribution is 2.49. The van der Waals surface area contributed by atoms with Gasteiger partial charge < -0.3 is 0 Å². The van der Waals surface area contributed by atoms with Gasteiger partial charge in [0.1, 0.15) is 5.67 Å². The molecule has 0 saturated heterocycles. The molecule has 15 heavy (non-hydrogen) atoms. The molecule has 0 heterocycles. The highest BCUT2D eigenvalue weighted by Gasteiger charge is 2.46. The van der Waals surface area contributed by atoms with Gasteiger partial charge in [-0.05, 0) is 43.1 Å². The van der Waals surface area contributed by atoms with Crippen LogP contribution in [-0.2, 0) is 0 Å². The van der Waals surface area contributed by atoms with Crippen LogP contribution in [0.25, 0.3) is 0 Å². The van der Waals surface area contributed by atoms with E-state index < -0.39 is 5.67 Å². The van der Waals surface area contributed by atoms with Gasteiger partial charge in [-0.25, -0.2) is 4.39 Å². The van der Waals surface area contributed by atoms with Gasteiger partial charge in [0.2, 0.25) is 0 Å². The van der Waals surface area contributed by atoms with E-state index in [1.54, 1.807) is 0 Å². The third-order valence-electron chi connectivity index (χ3n) is 3.41. The zero-order chi connectivity index (χ0) is 11.9.